The number of rotatable bonds is 4. The molecule has 0 aliphatic heterocycles. The van der Waals surface area contributed by atoms with Crippen LogP contribution in [-0.2, 0) is 9.59 Å². The Balaban J connectivity index is 1.79. The number of nitrogens with one attached hydrogen (secondary N) is 1. The van der Waals surface area contributed by atoms with Gasteiger partial charge in [-0.3, -0.25) is 9.59 Å². The fourth-order valence-electron chi connectivity index (χ4n) is 3.36. The number of carboxylic acid groups (broad SMARTS) is 1. The molecule has 2 rings (SSSR count). The van der Waals surface area contributed by atoms with Crippen LogP contribution in [0.25, 0.3) is 0 Å². The van der Waals surface area contributed by atoms with Crippen molar-refractivity contribution in [3.63, 3.8) is 0 Å². The molecule has 2 N–H and O–H groups in total. The zero-order valence-electron chi connectivity index (χ0n) is 11.0. The Labute approximate surface area is 108 Å². The van der Waals surface area contributed by atoms with Gasteiger partial charge in [-0.25, -0.2) is 0 Å². The van der Waals surface area contributed by atoms with Crippen molar-refractivity contribution in [3.8, 4) is 0 Å². The number of carbonyl (C=O) groups is 2. The van der Waals surface area contributed by atoms with Crippen molar-refractivity contribution in [1.82, 2.24) is 5.32 Å². The molecule has 0 saturated heterocycles. The lowest BCUT2D eigenvalue weighted by Crippen LogP contribution is -2.40. The molecule has 4 heteroatoms. The molecule has 0 bridgehead atoms. The van der Waals surface area contributed by atoms with Gasteiger partial charge in [0.15, 0.2) is 0 Å². The molecule has 0 radical (unpaired) electrons. The van der Waals surface area contributed by atoms with Crippen molar-refractivity contribution in [2.75, 3.05) is 0 Å². The first-order chi connectivity index (χ1) is 8.58. The normalized spacial score (nSPS) is 30.3. The Morgan fingerprint density at radius 2 is 1.72 bits per heavy atom. The van der Waals surface area contributed by atoms with Crippen molar-refractivity contribution < 1.29 is 14.7 Å². The van der Waals surface area contributed by atoms with Crippen LogP contribution < -0.4 is 5.32 Å². The molecule has 4 nitrogen and oxygen atoms in total. The van der Waals surface area contributed by atoms with Gasteiger partial charge in [-0.1, -0.05) is 12.8 Å². The van der Waals surface area contributed by atoms with E-state index in [0.29, 0.717) is 18.8 Å². The summed E-state index contributed by atoms with van der Waals surface area (Å²) in [5.74, 6) is -0.476. The van der Waals surface area contributed by atoms with E-state index in [1.807, 2.05) is 0 Å². The third-order valence-electron chi connectivity index (χ3n) is 4.63. The summed E-state index contributed by atoms with van der Waals surface area (Å²) < 4.78 is 0. The Morgan fingerprint density at radius 3 is 2.28 bits per heavy atom. The minimum absolute atomic E-state index is 0.0677. The Morgan fingerprint density at radius 1 is 1.11 bits per heavy atom. The standard InChI is InChI=1S/C14H23NO3/c1-9(10-4-2-3-5-10)15-13(16)11-6-7-12(8-11)14(17)18/h9-12H,2-8H2,1H3,(H,15,16)(H,17,18)/t9?,11-,12+/m1/s1. The first kappa shape index (κ1) is 13.4. The largest absolute Gasteiger partial charge is 0.481 e. The summed E-state index contributed by atoms with van der Waals surface area (Å²) in [6, 6.07) is 0.240. The maximum atomic E-state index is 12.1. The molecule has 0 aromatic carbocycles. The highest BCUT2D eigenvalue weighted by atomic mass is 16.4. The number of aliphatic carboxylic acids is 1. The van der Waals surface area contributed by atoms with Crippen LogP contribution in [-0.4, -0.2) is 23.0 Å². The lowest BCUT2D eigenvalue weighted by Gasteiger charge is -2.22. The minimum Gasteiger partial charge on any atom is -0.481 e. The van der Waals surface area contributed by atoms with E-state index in [9.17, 15) is 9.59 Å². The molecule has 2 aliphatic rings. The number of carbonyl (C=O) groups excluding carboxylic acids is 1. The molecule has 2 saturated carbocycles. The maximum Gasteiger partial charge on any atom is 0.306 e. The molecule has 1 amide bonds. The summed E-state index contributed by atoms with van der Waals surface area (Å²) in [6.07, 6.45) is 6.85. The smallest absolute Gasteiger partial charge is 0.306 e. The molecule has 0 aromatic rings. The van der Waals surface area contributed by atoms with Gasteiger partial charge in [-0.05, 0) is 44.9 Å². The van der Waals surface area contributed by atoms with E-state index in [0.717, 1.165) is 6.42 Å². The second kappa shape index (κ2) is 5.72. The van der Waals surface area contributed by atoms with E-state index in [4.69, 9.17) is 5.11 Å². The monoisotopic (exact) mass is 253 g/mol. The van der Waals surface area contributed by atoms with Gasteiger partial charge in [-0.2, -0.15) is 0 Å². The van der Waals surface area contributed by atoms with E-state index in [1.54, 1.807) is 0 Å². The quantitative estimate of drug-likeness (QED) is 0.807. The number of hydrogen-bond donors (Lipinski definition) is 2. The molecule has 3 atom stereocenters. The van der Waals surface area contributed by atoms with Gasteiger partial charge in [0.1, 0.15) is 0 Å². The van der Waals surface area contributed by atoms with Crippen LogP contribution in [0.3, 0.4) is 0 Å². The minimum atomic E-state index is -0.755. The van der Waals surface area contributed by atoms with Crippen molar-refractivity contribution in [2.45, 2.75) is 57.9 Å². The van der Waals surface area contributed by atoms with Crippen LogP contribution in [0.2, 0.25) is 0 Å². The summed E-state index contributed by atoms with van der Waals surface area (Å²) in [4.78, 5) is 22.9. The van der Waals surface area contributed by atoms with Crippen molar-refractivity contribution in [1.29, 1.82) is 0 Å². The van der Waals surface area contributed by atoms with Gasteiger partial charge in [0.05, 0.1) is 5.92 Å². The van der Waals surface area contributed by atoms with Crippen LogP contribution in [0.1, 0.15) is 51.9 Å². The van der Waals surface area contributed by atoms with Gasteiger partial charge in [-0.15, -0.1) is 0 Å². The van der Waals surface area contributed by atoms with Gasteiger partial charge in [0, 0.05) is 12.0 Å². The number of carboxylic acids is 1. The van der Waals surface area contributed by atoms with Gasteiger partial charge in [0.2, 0.25) is 5.91 Å². The number of hydrogen-bond acceptors (Lipinski definition) is 2. The third-order valence-corrected chi connectivity index (χ3v) is 4.63. The SMILES string of the molecule is CC(NC(=O)[C@@H]1CC[C@H](C(=O)O)C1)C1CCCC1. The van der Waals surface area contributed by atoms with Gasteiger partial charge < -0.3 is 10.4 Å². The average Bonchev–Trinajstić information content (AvgIpc) is 3.00. The zero-order chi connectivity index (χ0) is 13.1. The van der Waals surface area contributed by atoms with E-state index in [1.165, 1.54) is 25.7 Å². The summed E-state index contributed by atoms with van der Waals surface area (Å²) in [7, 11) is 0. The van der Waals surface area contributed by atoms with Crippen molar-refractivity contribution in [3.05, 3.63) is 0 Å². The first-order valence-corrected chi connectivity index (χ1v) is 7.11. The van der Waals surface area contributed by atoms with E-state index in [2.05, 4.69) is 12.2 Å². The van der Waals surface area contributed by atoms with Crippen molar-refractivity contribution in [2.24, 2.45) is 17.8 Å². The highest BCUT2D eigenvalue weighted by Crippen LogP contribution is 2.32. The van der Waals surface area contributed by atoms with Gasteiger partial charge >= 0.3 is 5.97 Å². The van der Waals surface area contributed by atoms with Crippen LogP contribution >= 0.6 is 0 Å². The molecular weight excluding hydrogens is 230 g/mol. The third kappa shape index (κ3) is 3.03. The maximum absolute atomic E-state index is 12.1. The first-order valence-electron chi connectivity index (χ1n) is 7.11. The second-order valence-corrected chi connectivity index (χ2v) is 5.89. The molecule has 0 heterocycles. The lowest BCUT2D eigenvalue weighted by atomic mass is 9.98. The molecule has 18 heavy (non-hydrogen) atoms. The van der Waals surface area contributed by atoms with E-state index < -0.39 is 5.97 Å². The van der Waals surface area contributed by atoms with Gasteiger partial charge in [0.25, 0.3) is 0 Å². The fourth-order valence-corrected chi connectivity index (χ4v) is 3.36. The Bertz CT molecular complexity index is 323. The molecular formula is C14H23NO3. The molecule has 0 spiro atoms. The summed E-state index contributed by atoms with van der Waals surface area (Å²) in [6.45, 7) is 2.08. The van der Waals surface area contributed by atoms with E-state index in [-0.39, 0.29) is 23.8 Å². The second-order valence-electron chi connectivity index (χ2n) is 5.89. The summed E-state index contributed by atoms with van der Waals surface area (Å²) in [5.41, 5.74) is 0. The van der Waals surface area contributed by atoms with Crippen LogP contribution in [0, 0.1) is 17.8 Å². The topological polar surface area (TPSA) is 66.4 Å². The van der Waals surface area contributed by atoms with Crippen LogP contribution in [0.4, 0.5) is 0 Å². The predicted molar refractivity (Wildman–Crippen MR) is 68.0 cm³/mol. The predicted octanol–water partition coefficient (Wildman–Crippen LogP) is 2.18. The van der Waals surface area contributed by atoms with Crippen LogP contribution in [0.15, 0.2) is 0 Å². The number of amides is 1. The highest BCUT2D eigenvalue weighted by Gasteiger charge is 2.34. The molecule has 2 fully saturated rings. The zero-order valence-corrected chi connectivity index (χ0v) is 11.0. The van der Waals surface area contributed by atoms with E-state index >= 15 is 0 Å². The Kier molecular flexibility index (Phi) is 4.25. The lowest BCUT2D eigenvalue weighted by molar-refractivity contribution is -0.141. The molecule has 2 aliphatic carbocycles. The summed E-state index contributed by atoms with van der Waals surface area (Å²) in [5, 5.41) is 12.0. The molecule has 102 valence electrons. The Hall–Kier alpha value is -1.06. The average molecular weight is 253 g/mol. The summed E-state index contributed by atoms with van der Waals surface area (Å²) >= 11 is 0. The highest BCUT2D eigenvalue weighted by molar-refractivity contribution is 5.81. The van der Waals surface area contributed by atoms with Crippen LogP contribution in [0.5, 0.6) is 0 Å². The molecule has 1 unspecified atom stereocenters. The molecule has 0 aromatic heterocycles. The fraction of sp³-hybridized carbons (Fsp3) is 0.857. The van der Waals surface area contributed by atoms with Crippen molar-refractivity contribution >= 4 is 11.9 Å².